The molecule has 0 fully saturated rings. The average Bonchev–Trinajstić information content (AvgIpc) is 2.83. The fourth-order valence-electron chi connectivity index (χ4n) is 3.63. The summed E-state index contributed by atoms with van der Waals surface area (Å²) in [6.07, 6.45) is 7.32. The quantitative estimate of drug-likeness (QED) is 0.239. The molecule has 0 amide bonds. The van der Waals surface area contributed by atoms with Gasteiger partial charge in [-0.15, -0.1) is 0 Å². The van der Waals surface area contributed by atoms with E-state index < -0.39 is 9.84 Å². The highest BCUT2D eigenvalue weighted by molar-refractivity contribution is 7.91. The summed E-state index contributed by atoms with van der Waals surface area (Å²) in [5, 5.41) is 0.922. The minimum atomic E-state index is -3.88. The fourth-order valence-corrected chi connectivity index (χ4v) is 5.60. The molecule has 4 rings (SSSR count). The van der Waals surface area contributed by atoms with E-state index in [-0.39, 0.29) is 9.79 Å². The summed E-state index contributed by atoms with van der Waals surface area (Å²) in [5.41, 5.74) is 5.27. The van der Waals surface area contributed by atoms with Crippen molar-refractivity contribution in [3.8, 4) is 0 Å². The van der Waals surface area contributed by atoms with Crippen molar-refractivity contribution < 1.29 is 8.42 Å². The predicted octanol–water partition coefficient (Wildman–Crippen LogP) is 8.78. The highest BCUT2D eigenvalue weighted by Gasteiger charge is 2.23. The Labute approximate surface area is 217 Å². The summed E-state index contributed by atoms with van der Waals surface area (Å²) in [4.78, 5) is 0.357. The van der Waals surface area contributed by atoms with Crippen LogP contribution in [0, 0.1) is 13.8 Å². The maximum absolute atomic E-state index is 13.9. The molecule has 0 spiro atoms. The molecule has 0 radical (unpaired) electrons. The molecule has 176 valence electrons. The lowest BCUT2D eigenvalue weighted by atomic mass is 10.1. The first-order valence-electron chi connectivity index (χ1n) is 11.1. The van der Waals surface area contributed by atoms with Crippen LogP contribution in [0.3, 0.4) is 0 Å². The van der Waals surface area contributed by atoms with Crippen LogP contribution in [0.1, 0.15) is 33.4 Å². The van der Waals surface area contributed by atoms with Crippen LogP contribution in [-0.4, -0.2) is 8.42 Å². The molecule has 0 unspecified atom stereocenters. The van der Waals surface area contributed by atoms with Gasteiger partial charge in [-0.05, 0) is 72.5 Å². The summed E-state index contributed by atoms with van der Waals surface area (Å²) >= 11 is 12.5. The van der Waals surface area contributed by atoms with Gasteiger partial charge in [0.2, 0.25) is 9.84 Å². The first-order valence-corrected chi connectivity index (χ1v) is 13.3. The van der Waals surface area contributed by atoms with Crippen molar-refractivity contribution in [1.82, 2.24) is 0 Å². The zero-order chi connectivity index (χ0) is 25.0. The van der Waals surface area contributed by atoms with Gasteiger partial charge in [-0.1, -0.05) is 107 Å². The van der Waals surface area contributed by atoms with Gasteiger partial charge in [0.1, 0.15) is 0 Å². The van der Waals surface area contributed by atoms with E-state index in [9.17, 15) is 8.42 Å². The molecule has 2 nitrogen and oxygen atoms in total. The van der Waals surface area contributed by atoms with Crippen LogP contribution in [0.25, 0.3) is 24.3 Å². The molecular weight excluding hydrogens is 495 g/mol. The smallest absolute Gasteiger partial charge is 0.207 e. The van der Waals surface area contributed by atoms with Crippen molar-refractivity contribution in [3.63, 3.8) is 0 Å². The summed E-state index contributed by atoms with van der Waals surface area (Å²) in [6.45, 7) is 4.04. The topological polar surface area (TPSA) is 34.1 Å². The van der Waals surface area contributed by atoms with E-state index in [0.717, 1.165) is 22.3 Å². The second kappa shape index (κ2) is 10.7. The Kier molecular flexibility index (Phi) is 7.61. The molecule has 0 heterocycles. The van der Waals surface area contributed by atoms with Crippen molar-refractivity contribution >= 4 is 57.3 Å². The van der Waals surface area contributed by atoms with Gasteiger partial charge in [0.15, 0.2) is 0 Å². The van der Waals surface area contributed by atoms with Gasteiger partial charge in [-0.3, -0.25) is 0 Å². The number of rotatable bonds is 6. The molecule has 0 N–H and O–H groups in total. The van der Waals surface area contributed by atoms with Crippen molar-refractivity contribution in [3.05, 3.63) is 128 Å². The zero-order valence-electron chi connectivity index (χ0n) is 19.4. The van der Waals surface area contributed by atoms with Crippen LogP contribution < -0.4 is 0 Å². The van der Waals surface area contributed by atoms with E-state index in [2.05, 4.69) is 0 Å². The summed E-state index contributed by atoms with van der Waals surface area (Å²) < 4.78 is 27.7. The van der Waals surface area contributed by atoms with Gasteiger partial charge < -0.3 is 0 Å². The molecule has 0 saturated carbocycles. The van der Waals surface area contributed by atoms with Crippen LogP contribution in [0.4, 0.5) is 0 Å². The minimum absolute atomic E-state index is 0.178. The van der Waals surface area contributed by atoms with Gasteiger partial charge in [0, 0.05) is 10.0 Å². The van der Waals surface area contributed by atoms with E-state index >= 15 is 0 Å². The minimum Gasteiger partial charge on any atom is -0.218 e. The van der Waals surface area contributed by atoms with Crippen molar-refractivity contribution in [2.45, 2.75) is 23.6 Å². The van der Waals surface area contributed by atoms with Crippen molar-refractivity contribution in [2.24, 2.45) is 0 Å². The van der Waals surface area contributed by atoms with Crippen molar-refractivity contribution in [2.75, 3.05) is 0 Å². The zero-order valence-corrected chi connectivity index (χ0v) is 21.7. The molecule has 0 aliphatic carbocycles. The molecule has 0 aliphatic rings. The van der Waals surface area contributed by atoms with Crippen LogP contribution in [-0.2, 0) is 9.84 Å². The van der Waals surface area contributed by atoms with E-state index in [1.54, 1.807) is 48.6 Å². The maximum Gasteiger partial charge on any atom is 0.207 e. The Hall–Kier alpha value is -3.11. The SMILES string of the molecule is Cc1ccc(/C=C/c2cc(Cl)ccc2S(=O)(=O)c2ccc(Cl)cc2/C=C/c2ccc(C)cc2)cc1. The Morgan fingerprint density at radius 3 is 1.29 bits per heavy atom. The molecular formula is C30H24Cl2O2S. The number of benzene rings is 4. The molecule has 0 atom stereocenters. The van der Waals surface area contributed by atoms with E-state index in [1.807, 2.05) is 74.5 Å². The Morgan fingerprint density at radius 2 is 0.914 bits per heavy atom. The van der Waals surface area contributed by atoms with Crippen molar-refractivity contribution in [1.29, 1.82) is 0 Å². The Bertz CT molecular complexity index is 1410. The molecule has 35 heavy (non-hydrogen) atoms. The monoisotopic (exact) mass is 518 g/mol. The fraction of sp³-hybridized carbons (Fsp3) is 0.0667. The van der Waals surface area contributed by atoms with Gasteiger partial charge in [0.05, 0.1) is 9.79 Å². The van der Waals surface area contributed by atoms with Gasteiger partial charge in [-0.2, -0.15) is 0 Å². The van der Waals surface area contributed by atoms with Gasteiger partial charge >= 0.3 is 0 Å². The van der Waals surface area contributed by atoms with E-state index in [0.29, 0.717) is 21.2 Å². The number of sulfone groups is 1. The molecule has 5 heteroatoms. The number of hydrogen-bond acceptors (Lipinski definition) is 2. The van der Waals surface area contributed by atoms with Crippen LogP contribution in [0.2, 0.25) is 10.0 Å². The number of hydrogen-bond donors (Lipinski definition) is 0. The lowest BCUT2D eigenvalue weighted by Gasteiger charge is -2.12. The van der Waals surface area contributed by atoms with Crippen LogP contribution in [0.15, 0.2) is 94.7 Å². The number of halogens is 2. The van der Waals surface area contributed by atoms with E-state index in [4.69, 9.17) is 23.2 Å². The molecule has 0 aliphatic heterocycles. The maximum atomic E-state index is 13.9. The molecule has 0 saturated heterocycles. The lowest BCUT2D eigenvalue weighted by molar-refractivity contribution is 0.596. The lowest BCUT2D eigenvalue weighted by Crippen LogP contribution is -2.06. The molecule has 0 aromatic heterocycles. The Balaban J connectivity index is 1.77. The van der Waals surface area contributed by atoms with Crippen LogP contribution >= 0.6 is 23.2 Å². The summed E-state index contributed by atoms with van der Waals surface area (Å²) in [5.74, 6) is 0. The third-order valence-electron chi connectivity index (χ3n) is 5.59. The Morgan fingerprint density at radius 1 is 0.543 bits per heavy atom. The highest BCUT2D eigenvalue weighted by atomic mass is 35.5. The average molecular weight is 519 g/mol. The van der Waals surface area contributed by atoms with Gasteiger partial charge in [-0.25, -0.2) is 8.42 Å². The van der Waals surface area contributed by atoms with E-state index in [1.165, 1.54) is 0 Å². The molecule has 4 aromatic carbocycles. The highest BCUT2D eigenvalue weighted by Crippen LogP contribution is 2.32. The summed E-state index contributed by atoms with van der Waals surface area (Å²) in [6, 6.07) is 25.6. The second-order valence-corrected chi connectivity index (χ2v) is 11.1. The largest absolute Gasteiger partial charge is 0.218 e. The number of aryl methyl sites for hydroxylation is 2. The first kappa shape index (κ1) is 25.0. The third kappa shape index (κ3) is 6.12. The molecule has 4 aromatic rings. The third-order valence-corrected chi connectivity index (χ3v) is 7.96. The second-order valence-electron chi connectivity index (χ2n) is 8.36. The first-order chi connectivity index (χ1) is 16.7. The molecule has 0 bridgehead atoms. The predicted molar refractivity (Wildman–Crippen MR) is 149 cm³/mol. The van der Waals surface area contributed by atoms with Gasteiger partial charge in [0.25, 0.3) is 0 Å². The summed E-state index contributed by atoms with van der Waals surface area (Å²) in [7, 11) is -3.88. The standard InChI is InChI=1S/C30H24Cl2O2S/c1-21-3-7-23(8-4-21)11-13-25-19-27(31)15-17-29(25)35(33,34)30-18-16-28(32)20-26(30)14-12-24-9-5-22(2)6-10-24/h3-20H,1-2H3/b13-11+,14-12+. The van der Waals surface area contributed by atoms with Crippen LogP contribution in [0.5, 0.6) is 0 Å². The normalized spacial score (nSPS) is 12.0.